The van der Waals surface area contributed by atoms with Crippen LogP contribution in [0.3, 0.4) is 0 Å². The highest BCUT2D eigenvalue weighted by Gasteiger charge is 2.31. The molecular formula is C46H64N8O5. The molecule has 13 heteroatoms. The van der Waals surface area contributed by atoms with Crippen LogP contribution < -0.4 is 10.9 Å². The molecule has 318 valence electrons. The number of aryl methyl sites for hydroxylation is 1. The second kappa shape index (κ2) is 22.3. The highest BCUT2D eigenvalue weighted by molar-refractivity contribution is 5.84. The smallest absolute Gasteiger partial charge is 0.304 e. The molecule has 0 saturated carbocycles. The van der Waals surface area contributed by atoms with Gasteiger partial charge in [-0.05, 0) is 121 Å². The monoisotopic (exact) mass is 808 g/mol. The number of allylic oxidation sites excluding steroid dienone is 4. The number of benzene rings is 2. The summed E-state index contributed by atoms with van der Waals surface area (Å²) in [5.41, 5.74) is 4.75. The van der Waals surface area contributed by atoms with Crippen LogP contribution in [0.1, 0.15) is 69.1 Å². The quantitative estimate of drug-likeness (QED) is 0.125. The number of piperidine rings is 2. The molecule has 3 aliphatic rings. The van der Waals surface area contributed by atoms with Crippen molar-refractivity contribution in [3.8, 4) is 0 Å². The number of amides is 2. The summed E-state index contributed by atoms with van der Waals surface area (Å²) in [6.45, 7) is 14.8. The Morgan fingerprint density at radius 3 is 2.24 bits per heavy atom. The number of para-hydroxylation sites is 1. The number of carbonyl (C=O) groups excluding carboxylic acids is 3. The summed E-state index contributed by atoms with van der Waals surface area (Å²) < 4.78 is 6.69. The Morgan fingerprint density at radius 2 is 1.61 bits per heavy atom. The van der Waals surface area contributed by atoms with E-state index in [1.165, 1.54) is 19.8 Å². The summed E-state index contributed by atoms with van der Waals surface area (Å²) in [5.74, 6) is 0.0953. The van der Waals surface area contributed by atoms with Gasteiger partial charge in [-0.3, -0.25) is 24.1 Å². The van der Waals surface area contributed by atoms with E-state index in [9.17, 15) is 19.2 Å². The molecule has 1 atom stereocenters. The number of carbonyl (C=O) groups is 3. The van der Waals surface area contributed by atoms with Crippen LogP contribution in [0, 0.1) is 6.92 Å². The number of aromatic amines is 1. The molecule has 0 aliphatic carbocycles. The number of hydrogen-bond acceptors (Lipinski definition) is 9. The van der Waals surface area contributed by atoms with E-state index in [0.29, 0.717) is 12.5 Å². The zero-order valence-electron chi connectivity index (χ0n) is 35.9. The minimum atomic E-state index is -0.334. The Labute approximate surface area is 349 Å². The van der Waals surface area contributed by atoms with Gasteiger partial charge in [-0.1, -0.05) is 48.6 Å². The van der Waals surface area contributed by atoms with Crippen LogP contribution >= 0.6 is 0 Å². The first-order valence-corrected chi connectivity index (χ1v) is 21.1. The highest BCUT2D eigenvalue weighted by Crippen LogP contribution is 2.27. The number of H-pyrrole nitrogens is 1. The van der Waals surface area contributed by atoms with Crippen LogP contribution in [-0.4, -0.2) is 131 Å². The Kier molecular flexibility index (Phi) is 17.0. The number of likely N-dealkylation sites (N-methyl/N-ethyl adjacent to an activating group) is 1. The number of piperazine rings is 1. The topological polar surface area (TPSA) is 136 Å². The molecule has 0 bridgehead atoms. The molecule has 2 aromatic carbocycles. The molecule has 2 N–H and O–H groups in total. The molecule has 5 heterocycles. The number of nitrogens with zero attached hydrogens (tertiary/aromatic N) is 6. The van der Waals surface area contributed by atoms with E-state index < -0.39 is 0 Å². The van der Waals surface area contributed by atoms with Crippen LogP contribution in [-0.2, 0) is 32.3 Å². The summed E-state index contributed by atoms with van der Waals surface area (Å²) in [7, 11) is 4.05. The molecule has 0 radical (unpaired) electrons. The molecule has 4 aromatic rings. The van der Waals surface area contributed by atoms with Gasteiger partial charge in [0.25, 0.3) is 5.56 Å². The van der Waals surface area contributed by atoms with E-state index in [0.717, 1.165) is 110 Å². The van der Waals surface area contributed by atoms with Crippen LogP contribution in [0.15, 0.2) is 77.8 Å². The maximum atomic E-state index is 13.3. The van der Waals surface area contributed by atoms with Crippen molar-refractivity contribution in [2.24, 2.45) is 0 Å². The van der Waals surface area contributed by atoms with Crippen molar-refractivity contribution in [3.05, 3.63) is 100 Å². The molecule has 1 unspecified atom stereocenters. The van der Waals surface area contributed by atoms with Gasteiger partial charge in [0, 0.05) is 74.9 Å². The fourth-order valence-corrected chi connectivity index (χ4v) is 8.22. The third-order valence-corrected chi connectivity index (χ3v) is 11.6. The number of ether oxygens (including phenoxy) is 1. The molecule has 59 heavy (non-hydrogen) atoms. The normalized spacial score (nSPS) is 17.8. The van der Waals surface area contributed by atoms with Crippen molar-refractivity contribution >= 4 is 40.1 Å². The van der Waals surface area contributed by atoms with Crippen LogP contribution in [0.2, 0.25) is 0 Å². The number of nitrogens with one attached hydrogen (secondary N) is 2. The summed E-state index contributed by atoms with van der Waals surface area (Å²) in [5, 5.41) is 9.82. The van der Waals surface area contributed by atoms with E-state index in [1.54, 1.807) is 9.58 Å². The van der Waals surface area contributed by atoms with Crippen molar-refractivity contribution in [2.45, 2.75) is 84.5 Å². The van der Waals surface area contributed by atoms with Gasteiger partial charge in [0.1, 0.15) is 0 Å². The van der Waals surface area contributed by atoms with Crippen molar-refractivity contribution in [3.63, 3.8) is 0 Å². The van der Waals surface area contributed by atoms with Crippen molar-refractivity contribution in [1.29, 1.82) is 0 Å². The predicted molar refractivity (Wildman–Crippen MR) is 235 cm³/mol. The third kappa shape index (κ3) is 12.7. The fraction of sp³-hybridized carbons (Fsp3) is 0.500. The molecule has 13 nitrogen and oxygen atoms in total. The first kappa shape index (κ1) is 45.0. The van der Waals surface area contributed by atoms with Crippen LogP contribution in [0.5, 0.6) is 0 Å². The second-order valence-electron chi connectivity index (χ2n) is 15.8. The van der Waals surface area contributed by atoms with Gasteiger partial charge in [0.2, 0.25) is 12.3 Å². The molecule has 3 fully saturated rings. The van der Waals surface area contributed by atoms with Crippen LogP contribution in [0.25, 0.3) is 21.8 Å². The van der Waals surface area contributed by atoms with Gasteiger partial charge in [0.05, 0.1) is 11.6 Å². The number of esters is 1. The molecule has 3 aliphatic heterocycles. The number of hydrogen-bond donors (Lipinski definition) is 2. The number of likely N-dealkylation sites (tertiary alicyclic amines) is 2. The Balaban J connectivity index is 0.000000220. The highest BCUT2D eigenvalue weighted by atomic mass is 16.5. The van der Waals surface area contributed by atoms with Crippen molar-refractivity contribution in [2.75, 3.05) is 66.5 Å². The zero-order valence-corrected chi connectivity index (χ0v) is 35.9. The minimum absolute atomic E-state index is 0.00301. The van der Waals surface area contributed by atoms with Gasteiger partial charge in [-0.25, -0.2) is 4.68 Å². The maximum absolute atomic E-state index is 13.3. The Hall–Kier alpha value is -5.11. The summed E-state index contributed by atoms with van der Waals surface area (Å²) >= 11 is 0. The number of aromatic nitrogens is 3. The lowest BCUT2D eigenvalue weighted by Crippen LogP contribution is -2.57. The lowest BCUT2D eigenvalue weighted by Gasteiger charge is -2.42. The van der Waals surface area contributed by atoms with E-state index in [4.69, 9.17) is 4.74 Å². The van der Waals surface area contributed by atoms with Gasteiger partial charge >= 0.3 is 5.97 Å². The SMILES string of the molecule is C/C=C\C=C/C.CNC(Cc1cc(C)c2nn(COC(C)=O)cc2c1)C(=O)N1CCN(C2CCN(C)CC2)CC1.O=CN1CCC(c2cc3ccccc3[nH]c2=O)CC1. The van der Waals surface area contributed by atoms with Crippen LogP contribution in [0.4, 0.5) is 0 Å². The number of pyridine rings is 1. The van der Waals surface area contributed by atoms with E-state index in [1.807, 2.05) is 93.6 Å². The molecule has 2 amide bonds. The Morgan fingerprint density at radius 1 is 0.932 bits per heavy atom. The average Bonchev–Trinajstić information content (AvgIpc) is 3.68. The van der Waals surface area contributed by atoms with Crippen molar-refractivity contribution < 1.29 is 19.1 Å². The standard InChI is InChI=1S/C25H38N6O3.C15H16N2O2.C6H10/c1-18-13-20(14-21-16-31(27-24(18)21)17-34-19(2)32)15-23(26-3)25(33)30-11-9-29(10-12-30)22-5-7-28(4)8-6-22;18-10-17-7-5-11(6-8-17)13-9-12-3-1-2-4-14(12)16-15(13)19;1-3-5-6-4-2/h13-14,16,22-23,26H,5-12,15,17H2,1-4H3;1-4,9-11H,5-8H2,(H,16,19);3-6H,1-2H3/b;;5-3-,6-4-. The van der Waals surface area contributed by atoms with E-state index in [2.05, 4.69) is 44.4 Å². The maximum Gasteiger partial charge on any atom is 0.304 e. The van der Waals surface area contributed by atoms with E-state index >= 15 is 0 Å². The fourth-order valence-electron chi connectivity index (χ4n) is 8.22. The number of rotatable bonds is 10. The number of fused-ring (bicyclic) bond motifs is 2. The summed E-state index contributed by atoms with van der Waals surface area (Å²) in [6.07, 6.45) is 15.6. The minimum Gasteiger partial charge on any atom is -0.443 e. The zero-order chi connectivity index (χ0) is 42.3. The first-order valence-electron chi connectivity index (χ1n) is 21.1. The lowest BCUT2D eigenvalue weighted by molar-refractivity contribution is -0.145. The summed E-state index contributed by atoms with van der Waals surface area (Å²) in [4.78, 5) is 59.0. The molecular weight excluding hydrogens is 745 g/mol. The lowest BCUT2D eigenvalue weighted by atomic mass is 9.90. The third-order valence-electron chi connectivity index (χ3n) is 11.6. The van der Waals surface area contributed by atoms with Gasteiger partial charge in [-0.15, -0.1) is 0 Å². The summed E-state index contributed by atoms with van der Waals surface area (Å²) in [6, 6.07) is 14.4. The Bertz CT molecular complexity index is 2090. The molecule has 2 aromatic heterocycles. The van der Waals surface area contributed by atoms with Gasteiger partial charge < -0.3 is 29.7 Å². The molecule has 7 rings (SSSR count). The second-order valence-corrected chi connectivity index (χ2v) is 15.8. The first-order chi connectivity index (χ1) is 28.5. The predicted octanol–water partition coefficient (Wildman–Crippen LogP) is 5.24. The average molecular weight is 809 g/mol. The largest absolute Gasteiger partial charge is 0.443 e. The molecule has 3 saturated heterocycles. The van der Waals surface area contributed by atoms with E-state index in [-0.39, 0.29) is 36.1 Å². The van der Waals surface area contributed by atoms with Crippen molar-refractivity contribution in [1.82, 2.24) is 39.7 Å². The van der Waals surface area contributed by atoms with Gasteiger partial charge in [0.15, 0.2) is 6.73 Å². The van der Waals surface area contributed by atoms with Gasteiger partial charge in [-0.2, -0.15) is 5.10 Å². The molecule has 0 spiro atoms.